The topological polar surface area (TPSA) is 90.3 Å². The summed E-state index contributed by atoms with van der Waals surface area (Å²) in [6.45, 7) is 1.82. The van der Waals surface area contributed by atoms with E-state index in [9.17, 15) is 13.2 Å². The van der Waals surface area contributed by atoms with Gasteiger partial charge in [-0.1, -0.05) is 17.7 Å². The predicted octanol–water partition coefficient (Wildman–Crippen LogP) is 4.13. The molecular weight excluding hydrogens is 438 g/mol. The molecule has 2 heterocycles. The number of hydrogen-bond acceptors (Lipinski definition) is 5. The van der Waals surface area contributed by atoms with Crippen molar-refractivity contribution < 1.29 is 17.9 Å². The van der Waals surface area contributed by atoms with E-state index in [1.807, 2.05) is 31.2 Å². The van der Waals surface area contributed by atoms with Gasteiger partial charge in [-0.25, -0.2) is 8.42 Å². The van der Waals surface area contributed by atoms with Crippen molar-refractivity contribution in [1.82, 2.24) is 9.78 Å². The lowest BCUT2D eigenvalue weighted by Crippen LogP contribution is -2.17. The molecule has 2 aromatic carbocycles. The molecule has 0 unspecified atom stereocenters. The number of methoxy groups -OCH3 is 1. The largest absolute Gasteiger partial charge is 0.497 e. The van der Waals surface area contributed by atoms with E-state index in [4.69, 9.17) is 16.3 Å². The molecule has 0 aliphatic carbocycles. The number of amides is 1. The fraction of sp³-hybridized carbons (Fsp3) is 0.273. The van der Waals surface area contributed by atoms with E-state index in [2.05, 4.69) is 10.4 Å². The number of anilines is 1. The van der Waals surface area contributed by atoms with Gasteiger partial charge in [0.15, 0.2) is 15.5 Å². The van der Waals surface area contributed by atoms with E-state index in [1.165, 1.54) is 0 Å². The molecule has 162 valence electrons. The van der Waals surface area contributed by atoms with Crippen molar-refractivity contribution in [1.29, 1.82) is 0 Å². The first-order valence-electron chi connectivity index (χ1n) is 9.78. The van der Waals surface area contributed by atoms with Gasteiger partial charge in [0.1, 0.15) is 5.75 Å². The number of ether oxygens (including phenoxy) is 1. The minimum atomic E-state index is -3.12. The van der Waals surface area contributed by atoms with Crippen molar-refractivity contribution in [2.24, 2.45) is 0 Å². The van der Waals surface area contributed by atoms with Gasteiger partial charge in [0.25, 0.3) is 5.91 Å². The van der Waals surface area contributed by atoms with Gasteiger partial charge in [0, 0.05) is 16.3 Å². The molecule has 0 radical (unpaired) electrons. The van der Waals surface area contributed by atoms with Crippen molar-refractivity contribution in [3.8, 4) is 17.0 Å². The first kappa shape index (κ1) is 21.4. The van der Waals surface area contributed by atoms with E-state index < -0.39 is 9.84 Å². The molecule has 4 rings (SSSR count). The number of sulfone groups is 1. The molecule has 3 aromatic rings. The number of hydrogen-bond donors (Lipinski definition) is 1. The lowest BCUT2D eigenvalue weighted by molar-refractivity contribution is 0.102. The van der Waals surface area contributed by atoms with Crippen LogP contribution >= 0.6 is 11.6 Å². The number of rotatable bonds is 5. The molecule has 1 amide bonds. The van der Waals surface area contributed by atoms with Crippen LogP contribution in [-0.2, 0) is 9.84 Å². The van der Waals surface area contributed by atoms with Crippen LogP contribution in [0.1, 0.15) is 28.5 Å². The summed E-state index contributed by atoms with van der Waals surface area (Å²) in [5.41, 5.74) is 3.05. The maximum atomic E-state index is 12.9. The number of carbonyl (C=O) groups excluding carboxylic acids is 1. The molecule has 1 fully saturated rings. The van der Waals surface area contributed by atoms with Crippen LogP contribution in [0.3, 0.4) is 0 Å². The smallest absolute Gasteiger partial charge is 0.276 e. The van der Waals surface area contributed by atoms with Crippen LogP contribution in [0, 0.1) is 6.92 Å². The van der Waals surface area contributed by atoms with Crippen molar-refractivity contribution in [3.63, 3.8) is 0 Å². The van der Waals surface area contributed by atoms with Crippen LogP contribution in [0.25, 0.3) is 11.3 Å². The number of nitrogens with one attached hydrogen (secondary N) is 1. The van der Waals surface area contributed by atoms with Gasteiger partial charge >= 0.3 is 0 Å². The lowest BCUT2D eigenvalue weighted by atomic mass is 10.1. The molecule has 1 aromatic heterocycles. The summed E-state index contributed by atoms with van der Waals surface area (Å²) >= 11 is 6.15. The normalized spacial score (nSPS) is 17.5. The zero-order valence-corrected chi connectivity index (χ0v) is 18.7. The first-order valence-corrected chi connectivity index (χ1v) is 12.0. The highest BCUT2D eigenvalue weighted by molar-refractivity contribution is 7.91. The fourth-order valence-corrected chi connectivity index (χ4v) is 5.53. The zero-order chi connectivity index (χ0) is 22.2. The van der Waals surface area contributed by atoms with E-state index >= 15 is 0 Å². The van der Waals surface area contributed by atoms with Crippen LogP contribution in [0.15, 0.2) is 48.5 Å². The summed E-state index contributed by atoms with van der Waals surface area (Å²) in [6, 6.07) is 14.0. The minimum absolute atomic E-state index is 0.00625. The zero-order valence-electron chi connectivity index (χ0n) is 17.1. The summed E-state index contributed by atoms with van der Waals surface area (Å²) in [6.07, 6.45) is 0.460. The Bertz CT molecular complexity index is 1240. The third-order valence-electron chi connectivity index (χ3n) is 5.42. The Morgan fingerprint density at radius 1 is 1.23 bits per heavy atom. The molecule has 0 spiro atoms. The maximum absolute atomic E-state index is 12.9. The van der Waals surface area contributed by atoms with Gasteiger partial charge in [-0.05, 0) is 61.4 Å². The summed E-state index contributed by atoms with van der Waals surface area (Å²) in [7, 11) is -1.53. The molecule has 1 aliphatic rings. The average Bonchev–Trinajstić information content (AvgIpc) is 3.35. The second-order valence-corrected chi connectivity index (χ2v) is 10.1. The third-order valence-corrected chi connectivity index (χ3v) is 7.58. The van der Waals surface area contributed by atoms with Crippen molar-refractivity contribution in [2.45, 2.75) is 19.4 Å². The van der Waals surface area contributed by atoms with Gasteiger partial charge < -0.3 is 10.1 Å². The molecule has 1 aliphatic heterocycles. The van der Waals surface area contributed by atoms with Crippen molar-refractivity contribution in [2.75, 3.05) is 23.9 Å². The van der Waals surface area contributed by atoms with Gasteiger partial charge in [-0.2, -0.15) is 5.10 Å². The Labute approximate surface area is 185 Å². The molecule has 0 bridgehead atoms. The standard InChI is InChI=1S/C22H22ClN3O4S/c1-14-18(23)4-3-5-19(14)24-22(27)20-12-21(15-6-8-17(30-2)9-7-15)26(25-20)16-10-11-31(28,29)13-16/h3-9,12,16H,10-11,13H2,1-2H3,(H,24,27)/t16-/m1/s1. The highest BCUT2D eigenvalue weighted by atomic mass is 35.5. The van der Waals surface area contributed by atoms with E-state index in [0.717, 1.165) is 11.1 Å². The van der Waals surface area contributed by atoms with Gasteiger partial charge in [0.05, 0.1) is 30.4 Å². The lowest BCUT2D eigenvalue weighted by Gasteiger charge is -2.13. The second kappa shape index (κ2) is 8.36. The molecule has 1 atom stereocenters. The van der Waals surface area contributed by atoms with E-state index in [0.29, 0.717) is 28.6 Å². The Balaban J connectivity index is 1.71. The van der Waals surface area contributed by atoms with E-state index in [-0.39, 0.29) is 29.1 Å². The quantitative estimate of drug-likeness (QED) is 0.619. The van der Waals surface area contributed by atoms with Crippen LogP contribution in [0.4, 0.5) is 5.69 Å². The second-order valence-electron chi connectivity index (χ2n) is 7.51. The van der Waals surface area contributed by atoms with Crippen molar-refractivity contribution in [3.05, 3.63) is 64.8 Å². The highest BCUT2D eigenvalue weighted by Crippen LogP contribution is 2.31. The summed E-state index contributed by atoms with van der Waals surface area (Å²) in [5.74, 6) is 0.433. The van der Waals surface area contributed by atoms with Crippen LogP contribution in [0.5, 0.6) is 5.75 Å². The number of carbonyl (C=O) groups is 1. The van der Waals surface area contributed by atoms with Gasteiger partial charge in [0.2, 0.25) is 0 Å². The number of aromatic nitrogens is 2. The molecular formula is C22H22ClN3O4S. The molecule has 1 saturated heterocycles. The Morgan fingerprint density at radius 2 is 1.97 bits per heavy atom. The summed E-state index contributed by atoms with van der Waals surface area (Å²) < 4.78 is 31.0. The Kier molecular flexibility index (Phi) is 5.77. The van der Waals surface area contributed by atoms with E-state index in [1.54, 1.807) is 36.1 Å². The third kappa shape index (κ3) is 4.45. The maximum Gasteiger partial charge on any atom is 0.276 e. The van der Waals surface area contributed by atoms with Gasteiger partial charge in [-0.3, -0.25) is 9.48 Å². The molecule has 1 N–H and O–H groups in total. The van der Waals surface area contributed by atoms with Crippen LogP contribution < -0.4 is 10.1 Å². The molecule has 9 heteroatoms. The average molecular weight is 460 g/mol. The summed E-state index contributed by atoms with van der Waals surface area (Å²) in [5, 5.41) is 7.90. The SMILES string of the molecule is COc1ccc(-c2cc(C(=O)Nc3cccc(Cl)c3C)nn2[C@@H]2CCS(=O)(=O)C2)cc1. The van der Waals surface area contributed by atoms with Crippen molar-refractivity contribution >= 4 is 33.0 Å². The monoisotopic (exact) mass is 459 g/mol. The molecule has 31 heavy (non-hydrogen) atoms. The first-order chi connectivity index (χ1) is 14.8. The van der Waals surface area contributed by atoms with Crippen LogP contribution in [-0.4, -0.2) is 42.7 Å². The predicted molar refractivity (Wildman–Crippen MR) is 121 cm³/mol. The number of halogens is 1. The van der Waals surface area contributed by atoms with Gasteiger partial charge in [-0.15, -0.1) is 0 Å². The number of nitrogens with zero attached hydrogens (tertiary/aromatic N) is 2. The Hall–Kier alpha value is -2.84. The number of benzene rings is 2. The Morgan fingerprint density at radius 3 is 2.61 bits per heavy atom. The minimum Gasteiger partial charge on any atom is -0.497 e. The highest BCUT2D eigenvalue weighted by Gasteiger charge is 2.32. The molecule has 0 saturated carbocycles. The molecule has 7 nitrogen and oxygen atoms in total. The fourth-order valence-electron chi connectivity index (χ4n) is 3.66. The summed E-state index contributed by atoms with van der Waals surface area (Å²) in [4.78, 5) is 12.9. The van der Waals surface area contributed by atoms with Crippen LogP contribution in [0.2, 0.25) is 5.02 Å².